The van der Waals surface area contributed by atoms with Gasteiger partial charge in [-0.1, -0.05) is 41.9 Å². The lowest BCUT2D eigenvalue weighted by molar-refractivity contribution is -0.121. The van der Waals surface area contributed by atoms with E-state index in [9.17, 15) is 9.18 Å². The normalized spacial score (nSPS) is 10.6. The van der Waals surface area contributed by atoms with Crippen molar-refractivity contribution in [3.63, 3.8) is 0 Å². The van der Waals surface area contributed by atoms with Gasteiger partial charge in [0.1, 0.15) is 5.82 Å². The number of amides is 1. The van der Waals surface area contributed by atoms with Gasteiger partial charge in [0, 0.05) is 24.4 Å². The molecule has 7 heteroatoms. The van der Waals surface area contributed by atoms with Gasteiger partial charge < -0.3 is 9.73 Å². The smallest absolute Gasteiger partial charge is 0.250 e. The van der Waals surface area contributed by atoms with Crippen LogP contribution in [-0.2, 0) is 17.8 Å². The summed E-state index contributed by atoms with van der Waals surface area (Å²) in [5.74, 6) is -0.212. The van der Waals surface area contributed by atoms with Crippen LogP contribution in [0, 0.1) is 5.82 Å². The van der Waals surface area contributed by atoms with Crippen molar-refractivity contribution in [2.24, 2.45) is 0 Å². The fourth-order valence-electron chi connectivity index (χ4n) is 2.24. The second-order valence-electron chi connectivity index (χ2n) is 5.35. The average Bonchev–Trinajstić information content (AvgIpc) is 3.08. The fourth-order valence-corrected chi connectivity index (χ4v) is 2.45. The highest BCUT2D eigenvalue weighted by atomic mass is 35.5. The maximum Gasteiger partial charge on any atom is 0.250 e. The highest BCUT2D eigenvalue weighted by Crippen LogP contribution is 2.21. The zero-order valence-corrected chi connectivity index (χ0v) is 14.0. The average molecular weight is 360 g/mol. The third kappa shape index (κ3) is 4.42. The second kappa shape index (κ2) is 7.90. The summed E-state index contributed by atoms with van der Waals surface area (Å²) in [6, 6.07) is 13.5. The molecule has 1 heterocycles. The number of aryl methyl sites for hydroxylation is 1. The summed E-state index contributed by atoms with van der Waals surface area (Å²) < 4.78 is 19.1. The summed E-state index contributed by atoms with van der Waals surface area (Å²) in [4.78, 5) is 11.9. The fraction of sp³-hybridized carbons (Fsp3) is 0.167. The standard InChI is InChI=1S/C18H15ClFN3O2/c19-14-7-3-1-5-12(14)11-21-16(24)9-10-17-22-23-18(25-17)13-6-2-4-8-15(13)20/h1-8H,9-11H2,(H,21,24). The molecule has 0 atom stereocenters. The molecule has 0 bridgehead atoms. The summed E-state index contributed by atoms with van der Waals surface area (Å²) in [5, 5.41) is 11.1. The van der Waals surface area contributed by atoms with Gasteiger partial charge in [0.05, 0.1) is 5.56 Å². The Hall–Kier alpha value is -2.73. The molecule has 0 unspecified atom stereocenters. The zero-order valence-electron chi connectivity index (χ0n) is 13.2. The second-order valence-corrected chi connectivity index (χ2v) is 5.76. The number of halogens is 2. The van der Waals surface area contributed by atoms with Crippen LogP contribution in [0.4, 0.5) is 4.39 Å². The summed E-state index contributed by atoms with van der Waals surface area (Å²) in [6.07, 6.45) is 0.458. The number of rotatable bonds is 6. The molecule has 1 N–H and O–H groups in total. The maximum atomic E-state index is 13.7. The van der Waals surface area contributed by atoms with Crippen molar-refractivity contribution in [2.45, 2.75) is 19.4 Å². The van der Waals surface area contributed by atoms with E-state index in [1.807, 2.05) is 18.2 Å². The van der Waals surface area contributed by atoms with Crippen LogP contribution in [0.2, 0.25) is 5.02 Å². The van der Waals surface area contributed by atoms with Crippen molar-refractivity contribution in [1.29, 1.82) is 0 Å². The molecular weight excluding hydrogens is 345 g/mol. The summed E-state index contributed by atoms with van der Waals surface area (Å²) in [7, 11) is 0. The first-order valence-electron chi connectivity index (χ1n) is 7.71. The Morgan fingerprint density at radius 1 is 1.12 bits per heavy atom. The lowest BCUT2D eigenvalue weighted by Gasteiger charge is -2.06. The minimum atomic E-state index is -0.435. The van der Waals surface area contributed by atoms with Crippen LogP contribution in [0.15, 0.2) is 52.9 Å². The molecular formula is C18H15ClFN3O2. The van der Waals surface area contributed by atoms with Gasteiger partial charge in [-0.25, -0.2) is 4.39 Å². The number of carbonyl (C=O) groups is 1. The zero-order chi connectivity index (χ0) is 17.6. The minimum absolute atomic E-state index is 0.101. The topological polar surface area (TPSA) is 68.0 Å². The Kier molecular flexibility index (Phi) is 5.40. The van der Waals surface area contributed by atoms with Crippen LogP contribution < -0.4 is 5.32 Å². The molecule has 0 saturated heterocycles. The van der Waals surface area contributed by atoms with E-state index in [-0.39, 0.29) is 36.1 Å². The molecule has 5 nitrogen and oxygen atoms in total. The number of aromatic nitrogens is 2. The Morgan fingerprint density at radius 3 is 2.68 bits per heavy atom. The molecule has 3 aromatic rings. The SMILES string of the molecule is O=C(CCc1nnc(-c2ccccc2F)o1)NCc1ccccc1Cl. The number of nitrogens with zero attached hydrogens (tertiary/aromatic N) is 2. The van der Waals surface area contributed by atoms with Gasteiger partial charge in [0.2, 0.25) is 11.8 Å². The third-order valence-corrected chi connectivity index (χ3v) is 3.94. The summed E-state index contributed by atoms with van der Waals surface area (Å²) >= 11 is 6.04. The highest BCUT2D eigenvalue weighted by molar-refractivity contribution is 6.31. The Bertz CT molecular complexity index is 882. The Balaban J connectivity index is 1.53. The van der Waals surface area contributed by atoms with E-state index in [1.165, 1.54) is 6.07 Å². The van der Waals surface area contributed by atoms with Crippen molar-refractivity contribution >= 4 is 17.5 Å². The third-order valence-electron chi connectivity index (χ3n) is 3.57. The van der Waals surface area contributed by atoms with E-state index < -0.39 is 5.82 Å². The molecule has 0 radical (unpaired) electrons. The molecule has 128 valence electrons. The van der Waals surface area contributed by atoms with Gasteiger partial charge in [0.25, 0.3) is 5.89 Å². The molecule has 0 aliphatic heterocycles. The molecule has 3 rings (SSSR count). The van der Waals surface area contributed by atoms with Gasteiger partial charge >= 0.3 is 0 Å². The van der Waals surface area contributed by atoms with Crippen molar-refractivity contribution < 1.29 is 13.6 Å². The number of carbonyl (C=O) groups excluding carboxylic acids is 1. The van der Waals surface area contributed by atoms with Crippen LogP contribution in [-0.4, -0.2) is 16.1 Å². The van der Waals surface area contributed by atoms with Crippen LogP contribution >= 0.6 is 11.6 Å². The van der Waals surface area contributed by atoms with E-state index in [0.29, 0.717) is 11.6 Å². The van der Waals surface area contributed by atoms with Gasteiger partial charge in [0.15, 0.2) is 0 Å². The predicted octanol–water partition coefficient (Wildman–Crippen LogP) is 3.78. The first kappa shape index (κ1) is 17.1. The van der Waals surface area contributed by atoms with E-state index in [2.05, 4.69) is 15.5 Å². The number of benzene rings is 2. The molecule has 0 fully saturated rings. The minimum Gasteiger partial charge on any atom is -0.421 e. The monoisotopic (exact) mass is 359 g/mol. The van der Waals surface area contributed by atoms with Crippen LogP contribution in [0.3, 0.4) is 0 Å². The van der Waals surface area contributed by atoms with Gasteiger partial charge in [-0.15, -0.1) is 10.2 Å². The first-order chi connectivity index (χ1) is 12.1. The number of hydrogen-bond acceptors (Lipinski definition) is 4. The number of hydrogen-bond donors (Lipinski definition) is 1. The van der Waals surface area contributed by atoms with E-state index in [4.69, 9.17) is 16.0 Å². The Labute approximate surface area is 148 Å². The van der Waals surface area contributed by atoms with E-state index >= 15 is 0 Å². The molecule has 0 spiro atoms. The van der Waals surface area contributed by atoms with Crippen molar-refractivity contribution in [3.05, 3.63) is 70.8 Å². The van der Waals surface area contributed by atoms with Crippen LogP contribution in [0.25, 0.3) is 11.5 Å². The van der Waals surface area contributed by atoms with Crippen molar-refractivity contribution in [2.75, 3.05) is 0 Å². The van der Waals surface area contributed by atoms with E-state index in [1.54, 1.807) is 24.3 Å². The quantitative estimate of drug-likeness (QED) is 0.727. The Morgan fingerprint density at radius 2 is 1.88 bits per heavy atom. The lowest BCUT2D eigenvalue weighted by Crippen LogP contribution is -2.23. The van der Waals surface area contributed by atoms with Crippen LogP contribution in [0.5, 0.6) is 0 Å². The molecule has 0 saturated carbocycles. The van der Waals surface area contributed by atoms with Crippen molar-refractivity contribution in [3.8, 4) is 11.5 Å². The van der Waals surface area contributed by atoms with E-state index in [0.717, 1.165) is 5.56 Å². The predicted molar refractivity (Wildman–Crippen MR) is 91.3 cm³/mol. The summed E-state index contributed by atoms with van der Waals surface area (Å²) in [5.41, 5.74) is 1.08. The molecule has 0 aliphatic rings. The van der Waals surface area contributed by atoms with Crippen molar-refractivity contribution in [1.82, 2.24) is 15.5 Å². The van der Waals surface area contributed by atoms with Gasteiger partial charge in [-0.2, -0.15) is 0 Å². The molecule has 0 aliphatic carbocycles. The van der Waals surface area contributed by atoms with Gasteiger partial charge in [-0.3, -0.25) is 4.79 Å². The van der Waals surface area contributed by atoms with Gasteiger partial charge in [-0.05, 0) is 23.8 Å². The first-order valence-corrected chi connectivity index (χ1v) is 8.08. The molecule has 25 heavy (non-hydrogen) atoms. The number of nitrogens with one attached hydrogen (secondary N) is 1. The highest BCUT2D eigenvalue weighted by Gasteiger charge is 2.13. The lowest BCUT2D eigenvalue weighted by atomic mass is 10.2. The molecule has 1 amide bonds. The summed E-state index contributed by atoms with van der Waals surface area (Å²) in [6.45, 7) is 0.350. The maximum absolute atomic E-state index is 13.7. The molecule has 1 aromatic heterocycles. The van der Waals surface area contributed by atoms with Crippen LogP contribution in [0.1, 0.15) is 17.9 Å². The molecule has 2 aromatic carbocycles. The largest absolute Gasteiger partial charge is 0.421 e.